The normalized spacial score (nSPS) is 12.4. The van der Waals surface area contributed by atoms with Gasteiger partial charge < -0.3 is 10.5 Å². The van der Waals surface area contributed by atoms with E-state index in [9.17, 15) is 0 Å². The summed E-state index contributed by atoms with van der Waals surface area (Å²) in [7, 11) is 0. The summed E-state index contributed by atoms with van der Waals surface area (Å²) in [6.07, 6.45) is 2.77. The van der Waals surface area contributed by atoms with Gasteiger partial charge in [0.05, 0.1) is 18.5 Å². The molecular formula is C15H22N4O. The summed E-state index contributed by atoms with van der Waals surface area (Å²) in [4.78, 5) is 0. The molecule has 1 unspecified atom stereocenters. The molecule has 0 aliphatic carbocycles. The molecule has 0 amide bonds. The van der Waals surface area contributed by atoms with Crippen LogP contribution in [0.2, 0.25) is 0 Å². The molecule has 2 N–H and O–H groups in total. The van der Waals surface area contributed by atoms with Crippen LogP contribution in [0.1, 0.15) is 36.2 Å². The average molecular weight is 274 g/mol. The maximum Gasteiger partial charge on any atom is 0.119 e. The van der Waals surface area contributed by atoms with Crippen LogP contribution in [-0.2, 0) is 6.54 Å². The number of nitrogens with two attached hydrogens (primary N) is 1. The number of benzene rings is 1. The molecule has 0 radical (unpaired) electrons. The monoisotopic (exact) mass is 274 g/mol. The molecular weight excluding hydrogens is 252 g/mol. The zero-order valence-electron chi connectivity index (χ0n) is 12.3. The van der Waals surface area contributed by atoms with E-state index in [0.717, 1.165) is 24.4 Å². The summed E-state index contributed by atoms with van der Waals surface area (Å²) in [6.45, 7) is 7.53. The Morgan fingerprint density at radius 1 is 1.30 bits per heavy atom. The lowest BCUT2D eigenvalue weighted by atomic mass is 10.1. The van der Waals surface area contributed by atoms with Crippen LogP contribution in [0, 0.1) is 13.8 Å². The van der Waals surface area contributed by atoms with E-state index in [2.05, 4.69) is 36.3 Å². The molecule has 108 valence electrons. The van der Waals surface area contributed by atoms with Crippen LogP contribution in [0.25, 0.3) is 0 Å². The van der Waals surface area contributed by atoms with E-state index in [1.807, 2.05) is 23.9 Å². The van der Waals surface area contributed by atoms with Crippen LogP contribution in [0.5, 0.6) is 5.75 Å². The number of aryl methyl sites for hydroxylation is 3. The average Bonchev–Trinajstić information content (AvgIpc) is 2.88. The smallest absolute Gasteiger partial charge is 0.119 e. The largest absolute Gasteiger partial charge is 0.494 e. The van der Waals surface area contributed by atoms with Crippen molar-refractivity contribution in [2.75, 3.05) is 6.61 Å². The maximum absolute atomic E-state index is 5.74. The predicted octanol–water partition coefficient (Wildman–Crippen LogP) is 2.38. The molecule has 0 bridgehead atoms. The molecule has 1 atom stereocenters. The summed E-state index contributed by atoms with van der Waals surface area (Å²) in [5.74, 6) is 0.919. The molecule has 20 heavy (non-hydrogen) atoms. The van der Waals surface area contributed by atoms with E-state index in [1.54, 1.807) is 0 Å². The minimum atomic E-state index is -0.0736. The third kappa shape index (κ3) is 3.81. The number of ether oxygens (including phenoxy) is 1. The second kappa shape index (κ2) is 6.52. The lowest BCUT2D eigenvalue weighted by Crippen LogP contribution is -2.06. The van der Waals surface area contributed by atoms with Crippen molar-refractivity contribution in [2.24, 2.45) is 5.73 Å². The molecule has 0 spiro atoms. The van der Waals surface area contributed by atoms with Gasteiger partial charge in [-0.25, -0.2) is 0 Å². The molecule has 1 aromatic heterocycles. The summed E-state index contributed by atoms with van der Waals surface area (Å²) in [5.41, 5.74) is 9.09. The van der Waals surface area contributed by atoms with E-state index >= 15 is 0 Å². The van der Waals surface area contributed by atoms with E-state index < -0.39 is 0 Å². The molecule has 5 nitrogen and oxygen atoms in total. The maximum atomic E-state index is 5.74. The van der Waals surface area contributed by atoms with Crippen LogP contribution in [0.15, 0.2) is 24.4 Å². The topological polar surface area (TPSA) is 66.0 Å². The predicted molar refractivity (Wildman–Crippen MR) is 78.7 cm³/mol. The third-order valence-corrected chi connectivity index (χ3v) is 3.30. The Bertz CT molecular complexity index is 563. The lowest BCUT2D eigenvalue weighted by molar-refractivity contribution is 0.297. The van der Waals surface area contributed by atoms with Crippen LogP contribution in [-0.4, -0.2) is 21.6 Å². The molecule has 0 fully saturated rings. The standard InChI is InChI=1S/C15H22N4O/c1-11-5-6-14(9-12(11)2)20-8-4-7-19-10-15(13(3)16)17-18-19/h5-6,9-10,13H,4,7-8,16H2,1-3H3. The van der Waals surface area contributed by atoms with Crippen LogP contribution in [0.3, 0.4) is 0 Å². The summed E-state index contributed by atoms with van der Waals surface area (Å²) in [5, 5.41) is 8.06. The Kier molecular flexibility index (Phi) is 4.74. The Balaban J connectivity index is 1.76. The number of rotatable bonds is 6. The highest BCUT2D eigenvalue weighted by molar-refractivity contribution is 5.33. The Labute approximate surface area is 119 Å². The van der Waals surface area contributed by atoms with E-state index in [0.29, 0.717) is 6.61 Å². The molecule has 5 heteroatoms. The fraction of sp³-hybridized carbons (Fsp3) is 0.467. The van der Waals surface area contributed by atoms with Crippen molar-refractivity contribution in [3.05, 3.63) is 41.2 Å². The molecule has 0 saturated carbocycles. The first-order valence-electron chi connectivity index (χ1n) is 6.92. The minimum absolute atomic E-state index is 0.0736. The van der Waals surface area contributed by atoms with Gasteiger partial charge in [-0.15, -0.1) is 5.10 Å². The molecule has 2 aromatic rings. The van der Waals surface area contributed by atoms with Crippen LogP contribution < -0.4 is 10.5 Å². The second-order valence-corrected chi connectivity index (χ2v) is 5.14. The van der Waals surface area contributed by atoms with E-state index in [-0.39, 0.29) is 6.04 Å². The van der Waals surface area contributed by atoms with Gasteiger partial charge >= 0.3 is 0 Å². The van der Waals surface area contributed by atoms with Crippen molar-refractivity contribution in [3.63, 3.8) is 0 Å². The first-order valence-corrected chi connectivity index (χ1v) is 6.92. The van der Waals surface area contributed by atoms with Gasteiger partial charge in [0.25, 0.3) is 0 Å². The SMILES string of the molecule is Cc1ccc(OCCCn2cc(C(C)N)nn2)cc1C. The van der Waals surface area contributed by atoms with Gasteiger partial charge in [-0.3, -0.25) is 4.68 Å². The molecule has 1 heterocycles. The molecule has 1 aromatic carbocycles. The zero-order valence-corrected chi connectivity index (χ0v) is 12.3. The minimum Gasteiger partial charge on any atom is -0.494 e. The van der Waals surface area contributed by atoms with Crippen molar-refractivity contribution in [1.29, 1.82) is 0 Å². The summed E-state index contributed by atoms with van der Waals surface area (Å²) >= 11 is 0. The van der Waals surface area contributed by atoms with Crippen LogP contribution in [0.4, 0.5) is 0 Å². The Morgan fingerprint density at radius 2 is 2.10 bits per heavy atom. The fourth-order valence-corrected chi connectivity index (χ4v) is 1.85. The van der Waals surface area contributed by atoms with Crippen molar-refractivity contribution in [2.45, 2.75) is 39.8 Å². The van der Waals surface area contributed by atoms with Crippen molar-refractivity contribution < 1.29 is 4.74 Å². The zero-order chi connectivity index (χ0) is 14.5. The first-order chi connectivity index (χ1) is 9.56. The Morgan fingerprint density at radius 3 is 2.75 bits per heavy atom. The van der Waals surface area contributed by atoms with Crippen molar-refractivity contribution in [3.8, 4) is 5.75 Å². The van der Waals surface area contributed by atoms with Gasteiger partial charge in [0, 0.05) is 19.0 Å². The van der Waals surface area contributed by atoms with Crippen molar-refractivity contribution >= 4 is 0 Å². The highest BCUT2D eigenvalue weighted by atomic mass is 16.5. The van der Waals surface area contributed by atoms with E-state index in [4.69, 9.17) is 10.5 Å². The summed E-state index contributed by atoms with van der Waals surface area (Å²) < 4.78 is 7.54. The molecule has 0 aliphatic heterocycles. The van der Waals surface area contributed by atoms with Crippen molar-refractivity contribution in [1.82, 2.24) is 15.0 Å². The molecule has 0 saturated heterocycles. The Hall–Kier alpha value is -1.88. The van der Waals surface area contributed by atoms with Gasteiger partial charge in [0.1, 0.15) is 5.75 Å². The summed E-state index contributed by atoms with van der Waals surface area (Å²) in [6, 6.07) is 6.08. The lowest BCUT2D eigenvalue weighted by Gasteiger charge is -2.08. The number of aromatic nitrogens is 3. The quantitative estimate of drug-likeness (QED) is 0.821. The number of nitrogens with zero attached hydrogens (tertiary/aromatic N) is 3. The fourth-order valence-electron chi connectivity index (χ4n) is 1.85. The highest BCUT2D eigenvalue weighted by Gasteiger charge is 2.04. The second-order valence-electron chi connectivity index (χ2n) is 5.14. The number of hydrogen-bond acceptors (Lipinski definition) is 4. The molecule has 2 rings (SSSR count). The molecule has 0 aliphatic rings. The van der Waals surface area contributed by atoms with E-state index in [1.165, 1.54) is 11.1 Å². The van der Waals surface area contributed by atoms with Gasteiger partial charge in [-0.2, -0.15) is 0 Å². The van der Waals surface area contributed by atoms with Gasteiger partial charge in [0.15, 0.2) is 0 Å². The van der Waals surface area contributed by atoms with Crippen LogP contribution >= 0.6 is 0 Å². The van der Waals surface area contributed by atoms with Gasteiger partial charge in [-0.05, 0) is 44.0 Å². The third-order valence-electron chi connectivity index (χ3n) is 3.30. The number of hydrogen-bond donors (Lipinski definition) is 1. The van der Waals surface area contributed by atoms with Gasteiger partial charge in [0.2, 0.25) is 0 Å². The highest BCUT2D eigenvalue weighted by Crippen LogP contribution is 2.16. The van der Waals surface area contributed by atoms with Gasteiger partial charge in [-0.1, -0.05) is 11.3 Å². The first kappa shape index (κ1) is 14.5.